The molecule has 0 fully saturated rings. The number of rotatable bonds is 6. The molecule has 0 saturated carbocycles. The third kappa shape index (κ3) is 3.41. The summed E-state index contributed by atoms with van der Waals surface area (Å²) in [5.74, 6) is 1.09. The number of hydrogen-bond acceptors (Lipinski definition) is 6. The van der Waals surface area contributed by atoms with Crippen molar-refractivity contribution in [2.75, 3.05) is 13.6 Å². The number of hydrogen-bond donors (Lipinski definition) is 1. The first-order chi connectivity index (χ1) is 8.65. The van der Waals surface area contributed by atoms with E-state index in [1.165, 1.54) is 0 Å². The highest BCUT2D eigenvalue weighted by molar-refractivity contribution is 5.49. The molecule has 18 heavy (non-hydrogen) atoms. The molecular formula is C12H17N3O3. The van der Waals surface area contributed by atoms with Gasteiger partial charge in [0, 0.05) is 6.54 Å². The van der Waals surface area contributed by atoms with E-state index in [4.69, 9.17) is 8.94 Å². The van der Waals surface area contributed by atoms with Gasteiger partial charge in [0.2, 0.25) is 0 Å². The van der Waals surface area contributed by atoms with E-state index in [1.807, 2.05) is 11.9 Å². The first kappa shape index (κ1) is 12.8. The highest BCUT2D eigenvalue weighted by Crippen LogP contribution is 2.17. The van der Waals surface area contributed by atoms with Crippen LogP contribution in [0, 0.1) is 0 Å². The molecule has 0 saturated heterocycles. The van der Waals surface area contributed by atoms with Crippen molar-refractivity contribution in [3.8, 4) is 11.5 Å². The van der Waals surface area contributed by atoms with Gasteiger partial charge in [-0.1, -0.05) is 5.16 Å². The number of nitrogens with zero attached hydrogens (tertiary/aromatic N) is 3. The monoisotopic (exact) mass is 251 g/mol. The Bertz CT molecular complexity index is 465. The predicted molar refractivity (Wildman–Crippen MR) is 64.6 cm³/mol. The van der Waals surface area contributed by atoms with Gasteiger partial charge < -0.3 is 14.0 Å². The van der Waals surface area contributed by atoms with Crippen LogP contribution in [-0.4, -0.2) is 39.8 Å². The van der Waals surface area contributed by atoms with E-state index in [2.05, 4.69) is 10.1 Å². The van der Waals surface area contributed by atoms with Crippen LogP contribution in [0.15, 0.2) is 27.5 Å². The second kappa shape index (κ2) is 5.79. The van der Waals surface area contributed by atoms with E-state index >= 15 is 0 Å². The van der Waals surface area contributed by atoms with E-state index in [-0.39, 0.29) is 6.10 Å². The zero-order chi connectivity index (χ0) is 13.0. The summed E-state index contributed by atoms with van der Waals surface area (Å²) in [6, 6.07) is 1.77. The Hall–Kier alpha value is -1.66. The Morgan fingerprint density at radius 2 is 2.33 bits per heavy atom. The maximum Gasteiger partial charge on any atom is 0.261 e. The summed E-state index contributed by atoms with van der Waals surface area (Å²) >= 11 is 0. The SMILES string of the molecule is CC(O)CCN(C)Cc1noc(-c2ccoc2)n1. The molecule has 2 aromatic rings. The first-order valence-electron chi connectivity index (χ1n) is 5.87. The third-order valence-corrected chi connectivity index (χ3v) is 2.58. The molecule has 0 aliphatic rings. The molecule has 1 N–H and O–H groups in total. The average Bonchev–Trinajstić information content (AvgIpc) is 2.95. The zero-order valence-electron chi connectivity index (χ0n) is 10.5. The Morgan fingerprint density at radius 1 is 1.50 bits per heavy atom. The van der Waals surface area contributed by atoms with Gasteiger partial charge in [-0.15, -0.1) is 0 Å². The maximum atomic E-state index is 9.21. The van der Waals surface area contributed by atoms with Crippen LogP contribution in [0.3, 0.4) is 0 Å². The predicted octanol–water partition coefficient (Wildman–Crippen LogP) is 1.53. The molecule has 1 unspecified atom stereocenters. The van der Waals surface area contributed by atoms with Crippen molar-refractivity contribution in [1.82, 2.24) is 15.0 Å². The Balaban J connectivity index is 1.90. The minimum atomic E-state index is -0.292. The van der Waals surface area contributed by atoms with Gasteiger partial charge in [-0.25, -0.2) is 0 Å². The van der Waals surface area contributed by atoms with Crippen molar-refractivity contribution >= 4 is 0 Å². The van der Waals surface area contributed by atoms with Gasteiger partial charge in [-0.05, 0) is 26.5 Å². The van der Waals surface area contributed by atoms with Gasteiger partial charge in [0.1, 0.15) is 6.26 Å². The van der Waals surface area contributed by atoms with E-state index in [9.17, 15) is 5.11 Å². The summed E-state index contributed by atoms with van der Waals surface area (Å²) in [5, 5.41) is 13.1. The highest BCUT2D eigenvalue weighted by Gasteiger charge is 2.11. The number of aliphatic hydroxyl groups is 1. The molecule has 6 nitrogen and oxygen atoms in total. The van der Waals surface area contributed by atoms with Crippen LogP contribution in [0.4, 0.5) is 0 Å². The molecule has 2 aromatic heterocycles. The first-order valence-corrected chi connectivity index (χ1v) is 5.87. The molecule has 0 aliphatic carbocycles. The van der Waals surface area contributed by atoms with Crippen molar-refractivity contribution in [1.29, 1.82) is 0 Å². The summed E-state index contributed by atoms with van der Waals surface area (Å²) in [7, 11) is 1.95. The van der Waals surface area contributed by atoms with Crippen LogP contribution in [0.2, 0.25) is 0 Å². The fourth-order valence-electron chi connectivity index (χ4n) is 1.55. The lowest BCUT2D eigenvalue weighted by atomic mass is 10.3. The van der Waals surface area contributed by atoms with Gasteiger partial charge >= 0.3 is 0 Å². The largest absolute Gasteiger partial charge is 0.472 e. The van der Waals surface area contributed by atoms with Gasteiger partial charge in [-0.3, -0.25) is 4.90 Å². The van der Waals surface area contributed by atoms with Crippen LogP contribution in [0.25, 0.3) is 11.5 Å². The summed E-state index contributed by atoms with van der Waals surface area (Å²) in [5.41, 5.74) is 0.778. The molecule has 2 rings (SSSR count). The third-order valence-electron chi connectivity index (χ3n) is 2.58. The average molecular weight is 251 g/mol. The molecule has 0 amide bonds. The van der Waals surface area contributed by atoms with Crippen LogP contribution >= 0.6 is 0 Å². The minimum Gasteiger partial charge on any atom is -0.472 e. The van der Waals surface area contributed by atoms with Crippen molar-refractivity contribution < 1.29 is 14.0 Å². The van der Waals surface area contributed by atoms with E-state index in [1.54, 1.807) is 25.5 Å². The molecule has 6 heteroatoms. The van der Waals surface area contributed by atoms with Gasteiger partial charge in [0.25, 0.3) is 5.89 Å². The Morgan fingerprint density at radius 3 is 3.00 bits per heavy atom. The fraction of sp³-hybridized carbons (Fsp3) is 0.500. The summed E-state index contributed by atoms with van der Waals surface area (Å²) in [6.07, 6.45) is 3.56. The molecule has 0 aliphatic heterocycles. The Labute approximate surface area is 105 Å². The molecule has 98 valence electrons. The van der Waals surface area contributed by atoms with E-state index in [0.29, 0.717) is 18.3 Å². The summed E-state index contributed by atoms with van der Waals surface area (Å²) in [4.78, 5) is 6.32. The Kier molecular flexibility index (Phi) is 4.11. The van der Waals surface area contributed by atoms with E-state index in [0.717, 1.165) is 18.5 Å². The topological polar surface area (TPSA) is 75.5 Å². The molecular weight excluding hydrogens is 234 g/mol. The normalized spacial score (nSPS) is 13.1. The van der Waals surface area contributed by atoms with E-state index < -0.39 is 0 Å². The zero-order valence-corrected chi connectivity index (χ0v) is 10.5. The fourth-order valence-corrected chi connectivity index (χ4v) is 1.55. The highest BCUT2D eigenvalue weighted by atomic mass is 16.5. The van der Waals surface area contributed by atoms with Crippen molar-refractivity contribution in [2.24, 2.45) is 0 Å². The van der Waals surface area contributed by atoms with Crippen LogP contribution in [-0.2, 0) is 6.54 Å². The molecule has 0 aromatic carbocycles. The molecule has 1 atom stereocenters. The standard InChI is InChI=1S/C12H17N3O3/c1-9(16)3-5-15(2)7-11-13-12(18-14-11)10-4-6-17-8-10/h4,6,8-9,16H,3,5,7H2,1-2H3. The van der Waals surface area contributed by atoms with Crippen LogP contribution < -0.4 is 0 Å². The molecule has 0 bridgehead atoms. The molecule has 0 spiro atoms. The number of aromatic nitrogens is 2. The van der Waals surface area contributed by atoms with Crippen molar-refractivity contribution in [3.05, 3.63) is 24.4 Å². The van der Waals surface area contributed by atoms with Crippen molar-refractivity contribution in [3.63, 3.8) is 0 Å². The lowest BCUT2D eigenvalue weighted by Crippen LogP contribution is -2.22. The van der Waals surface area contributed by atoms with Gasteiger partial charge in [-0.2, -0.15) is 4.98 Å². The smallest absolute Gasteiger partial charge is 0.261 e. The van der Waals surface area contributed by atoms with Crippen LogP contribution in [0.1, 0.15) is 19.2 Å². The number of aliphatic hydroxyl groups excluding tert-OH is 1. The van der Waals surface area contributed by atoms with Gasteiger partial charge in [0.15, 0.2) is 5.82 Å². The van der Waals surface area contributed by atoms with Crippen molar-refractivity contribution in [2.45, 2.75) is 26.0 Å². The lowest BCUT2D eigenvalue weighted by Gasteiger charge is -2.14. The maximum absolute atomic E-state index is 9.21. The van der Waals surface area contributed by atoms with Gasteiger partial charge in [0.05, 0.1) is 24.5 Å². The summed E-state index contributed by atoms with van der Waals surface area (Å²) in [6.45, 7) is 3.15. The molecule has 0 radical (unpaired) electrons. The van der Waals surface area contributed by atoms with Crippen LogP contribution in [0.5, 0.6) is 0 Å². The quantitative estimate of drug-likeness (QED) is 0.839. The molecule has 2 heterocycles. The lowest BCUT2D eigenvalue weighted by molar-refractivity contribution is 0.161. The minimum absolute atomic E-state index is 0.292. The second-order valence-corrected chi connectivity index (χ2v) is 4.40. The number of furan rings is 1. The summed E-state index contributed by atoms with van der Waals surface area (Å²) < 4.78 is 10.1. The second-order valence-electron chi connectivity index (χ2n) is 4.40.